The van der Waals surface area contributed by atoms with Crippen LogP contribution in [-0.4, -0.2) is 71.7 Å². The van der Waals surface area contributed by atoms with Crippen molar-refractivity contribution in [2.75, 3.05) is 26.3 Å². The van der Waals surface area contributed by atoms with Gasteiger partial charge in [0.15, 0.2) is 0 Å². The van der Waals surface area contributed by atoms with E-state index in [1.807, 2.05) is 6.92 Å². The van der Waals surface area contributed by atoms with E-state index in [0.717, 1.165) is 17.7 Å². The molecule has 0 bridgehead atoms. The lowest BCUT2D eigenvalue weighted by Gasteiger charge is -2.31. The van der Waals surface area contributed by atoms with E-state index >= 15 is 0 Å². The number of esters is 2. The highest BCUT2D eigenvalue weighted by atomic mass is 35.5. The molecule has 0 spiro atoms. The molecule has 2 aliphatic heterocycles. The number of benzene rings is 5. The van der Waals surface area contributed by atoms with E-state index in [0.29, 0.717) is 44.1 Å². The monoisotopic (exact) mass is 754 g/mol. The van der Waals surface area contributed by atoms with Crippen LogP contribution in [0.3, 0.4) is 0 Å². The molecule has 0 radical (unpaired) electrons. The first-order chi connectivity index (χ1) is 23.9. The largest absolute Gasteiger partial charge is 0.466 e. The highest BCUT2D eigenvalue weighted by molar-refractivity contribution is 6.56. The minimum absolute atomic E-state index is 0.0912. The predicted octanol–water partition coefficient (Wildman–Crippen LogP) is 8.23. The van der Waals surface area contributed by atoms with Gasteiger partial charge in [0.1, 0.15) is 13.0 Å². The number of halogens is 4. The summed E-state index contributed by atoms with van der Waals surface area (Å²) >= 11 is 28.0. The number of fused-ring (bicyclic) bond motifs is 2. The van der Waals surface area contributed by atoms with E-state index in [1.165, 1.54) is 29.2 Å². The van der Waals surface area contributed by atoms with Crippen LogP contribution < -0.4 is 0 Å². The Hall–Kier alpha value is -4.22. The Balaban J connectivity index is 1.41. The summed E-state index contributed by atoms with van der Waals surface area (Å²) in [6, 6.07) is 5.89. The molecule has 5 aromatic carbocycles. The van der Waals surface area contributed by atoms with Gasteiger partial charge in [-0.3, -0.25) is 38.6 Å². The van der Waals surface area contributed by atoms with E-state index in [-0.39, 0.29) is 74.0 Å². The molecule has 0 aliphatic carbocycles. The molecule has 50 heavy (non-hydrogen) atoms. The third kappa shape index (κ3) is 5.06. The molecule has 256 valence electrons. The first kappa shape index (κ1) is 34.2. The summed E-state index contributed by atoms with van der Waals surface area (Å²) in [4.78, 5) is 81.2. The number of hydrogen-bond acceptors (Lipinski definition) is 8. The number of carbonyl (C=O) groups is 6. The van der Waals surface area contributed by atoms with Crippen molar-refractivity contribution >= 4 is 125 Å². The number of amides is 4. The standard InChI is InChI=1S/C36H26Cl4N2O8/c1-3-5-6-7-41-33(45)15-10-19(37)27-29-21(39)12-17-26-18(36(48)42(35(17)47)8-9-50-24(44)14-23(43)49-4-2)13-22(40)30(32(26)29)28-20(38)11-16(34(41)46)25(15)31(27)28/h10-13H,3-9,14H2,1-2H3. The molecular weight excluding hydrogens is 730 g/mol. The number of rotatable bonds is 10. The van der Waals surface area contributed by atoms with E-state index < -0.39 is 42.0 Å². The topological polar surface area (TPSA) is 127 Å². The van der Waals surface area contributed by atoms with Crippen LogP contribution in [-0.2, 0) is 19.1 Å². The van der Waals surface area contributed by atoms with Crippen molar-refractivity contribution in [2.45, 2.75) is 39.5 Å². The Labute approximate surface area is 304 Å². The molecule has 0 saturated carbocycles. The molecule has 0 unspecified atom stereocenters. The molecule has 2 heterocycles. The molecule has 0 atom stereocenters. The van der Waals surface area contributed by atoms with Crippen LogP contribution in [0.4, 0.5) is 0 Å². The lowest BCUT2D eigenvalue weighted by atomic mass is 9.82. The molecular formula is C36H26Cl4N2O8. The molecule has 4 amide bonds. The second-order valence-corrected chi connectivity index (χ2v) is 13.7. The van der Waals surface area contributed by atoms with Crippen molar-refractivity contribution in [1.82, 2.24) is 9.80 Å². The van der Waals surface area contributed by atoms with E-state index in [4.69, 9.17) is 55.9 Å². The molecule has 2 aliphatic rings. The Morgan fingerprint density at radius 3 is 1.30 bits per heavy atom. The summed E-state index contributed by atoms with van der Waals surface area (Å²) in [7, 11) is 0. The summed E-state index contributed by atoms with van der Waals surface area (Å²) in [5.41, 5.74) is 0.660. The van der Waals surface area contributed by atoms with Gasteiger partial charge < -0.3 is 9.47 Å². The normalized spacial score (nSPS) is 14.3. The highest BCUT2D eigenvalue weighted by Gasteiger charge is 2.39. The highest BCUT2D eigenvalue weighted by Crippen LogP contribution is 2.53. The van der Waals surface area contributed by atoms with Crippen molar-refractivity contribution in [3.8, 4) is 0 Å². The van der Waals surface area contributed by atoms with Crippen LogP contribution in [0.1, 0.15) is 81.0 Å². The lowest BCUT2D eigenvalue weighted by Crippen LogP contribution is -2.42. The fourth-order valence-electron chi connectivity index (χ4n) is 7.12. The van der Waals surface area contributed by atoms with Crippen LogP contribution in [0.25, 0.3) is 43.1 Å². The van der Waals surface area contributed by atoms with Gasteiger partial charge in [-0.2, -0.15) is 0 Å². The van der Waals surface area contributed by atoms with Gasteiger partial charge >= 0.3 is 11.9 Å². The van der Waals surface area contributed by atoms with Gasteiger partial charge in [0.2, 0.25) is 0 Å². The number of imide groups is 2. The maximum atomic E-state index is 13.9. The van der Waals surface area contributed by atoms with Crippen LogP contribution in [0.15, 0.2) is 24.3 Å². The summed E-state index contributed by atoms with van der Waals surface area (Å²) in [6.45, 7) is 3.29. The summed E-state index contributed by atoms with van der Waals surface area (Å²) in [6.07, 6.45) is 1.78. The maximum Gasteiger partial charge on any atom is 0.317 e. The number of nitrogens with zero attached hydrogens (tertiary/aromatic N) is 2. The second-order valence-electron chi connectivity index (χ2n) is 12.1. The van der Waals surface area contributed by atoms with Gasteiger partial charge in [0, 0.05) is 69.7 Å². The molecule has 0 fully saturated rings. The molecule has 7 rings (SSSR count). The summed E-state index contributed by atoms with van der Waals surface area (Å²) < 4.78 is 9.83. The quantitative estimate of drug-likeness (QED) is 0.0349. The van der Waals surface area contributed by atoms with Crippen molar-refractivity contribution in [3.63, 3.8) is 0 Å². The Morgan fingerprint density at radius 1 is 0.540 bits per heavy atom. The number of hydrogen-bond donors (Lipinski definition) is 0. The maximum absolute atomic E-state index is 13.9. The first-order valence-electron chi connectivity index (χ1n) is 15.9. The lowest BCUT2D eigenvalue weighted by molar-refractivity contribution is -0.154. The third-order valence-corrected chi connectivity index (χ3v) is 10.4. The molecule has 14 heteroatoms. The SMILES string of the molecule is CCCCCN1C(=O)c2cc(Cl)c3c4c(Cl)cc5c6c(cc(Cl)c(c7c(Cl)cc(c2c37)C1=O)c64)C(=O)N(CCOC(=O)CC(=O)OCC)C5=O. The molecule has 0 N–H and O–H groups in total. The minimum atomic E-state index is -0.870. The molecule has 10 nitrogen and oxygen atoms in total. The van der Waals surface area contributed by atoms with Crippen LogP contribution in [0.5, 0.6) is 0 Å². The number of ether oxygens (including phenoxy) is 2. The van der Waals surface area contributed by atoms with Gasteiger partial charge in [-0.25, -0.2) is 0 Å². The van der Waals surface area contributed by atoms with Crippen LogP contribution in [0, 0.1) is 0 Å². The Bertz CT molecular complexity index is 2260. The average molecular weight is 756 g/mol. The zero-order valence-corrected chi connectivity index (χ0v) is 29.7. The van der Waals surface area contributed by atoms with Crippen molar-refractivity contribution in [1.29, 1.82) is 0 Å². The van der Waals surface area contributed by atoms with Crippen LogP contribution in [0.2, 0.25) is 20.1 Å². The first-order valence-corrected chi connectivity index (χ1v) is 17.4. The third-order valence-electron chi connectivity index (χ3n) is 9.18. The summed E-state index contributed by atoms with van der Waals surface area (Å²) in [5.74, 6) is -3.97. The second kappa shape index (κ2) is 12.8. The fourth-order valence-corrected chi connectivity index (χ4v) is 8.31. The predicted molar refractivity (Wildman–Crippen MR) is 190 cm³/mol. The smallest absolute Gasteiger partial charge is 0.317 e. The van der Waals surface area contributed by atoms with Gasteiger partial charge in [-0.1, -0.05) is 66.2 Å². The average Bonchev–Trinajstić information content (AvgIpc) is 3.07. The van der Waals surface area contributed by atoms with Gasteiger partial charge in [-0.05, 0) is 37.6 Å². The summed E-state index contributed by atoms with van der Waals surface area (Å²) in [5, 5.41) is 3.45. The number of unbranched alkanes of at least 4 members (excludes halogenated alkanes) is 2. The van der Waals surface area contributed by atoms with Crippen molar-refractivity contribution in [3.05, 3.63) is 66.6 Å². The zero-order valence-electron chi connectivity index (χ0n) is 26.6. The van der Waals surface area contributed by atoms with E-state index in [9.17, 15) is 28.8 Å². The molecule has 0 aromatic heterocycles. The van der Waals surface area contributed by atoms with Gasteiger partial charge in [0.25, 0.3) is 23.6 Å². The van der Waals surface area contributed by atoms with Gasteiger partial charge in [-0.15, -0.1) is 0 Å². The van der Waals surface area contributed by atoms with Crippen molar-refractivity contribution < 1.29 is 38.2 Å². The zero-order chi connectivity index (χ0) is 35.8. The minimum Gasteiger partial charge on any atom is -0.466 e. The number of carbonyl (C=O) groups excluding carboxylic acids is 6. The van der Waals surface area contributed by atoms with Gasteiger partial charge in [0.05, 0.1) is 35.4 Å². The Morgan fingerprint density at radius 2 is 0.920 bits per heavy atom. The Kier molecular flexibility index (Phi) is 8.79. The van der Waals surface area contributed by atoms with E-state index in [2.05, 4.69) is 0 Å². The molecule has 5 aromatic rings. The fraction of sp³-hybridized carbons (Fsp3) is 0.278. The van der Waals surface area contributed by atoms with E-state index in [1.54, 1.807) is 6.92 Å². The van der Waals surface area contributed by atoms with Crippen LogP contribution >= 0.6 is 46.4 Å². The van der Waals surface area contributed by atoms with Crippen molar-refractivity contribution in [2.24, 2.45) is 0 Å². The molecule has 0 saturated heterocycles.